The van der Waals surface area contributed by atoms with Gasteiger partial charge in [-0.25, -0.2) is 0 Å². The Balaban J connectivity index is 0.792. The van der Waals surface area contributed by atoms with Crippen LogP contribution in [0.1, 0.15) is 11.1 Å². The maximum absolute atomic E-state index is 6.45. The van der Waals surface area contributed by atoms with E-state index in [-0.39, 0.29) is 0 Å². The molecule has 0 radical (unpaired) electrons. The van der Waals surface area contributed by atoms with Crippen molar-refractivity contribution in [1.82, 2.24) is 0 Å². The molecule has 0 N–H and O–H groups in total. The van der Waals surface area contributed by atoms with E-state index in [2.05, 4.69) is 254 Å². The number of hydrogen-bond donors (Lipinski definition) is 0. The maximum atomic E-state index is 6.45. The lowest BCUT2D eigenvalue weighted by atomic mass is 10.0. The van der Waals surface area contributed by atoms with Crippen LogP contribution in [0, 0.1) is 13.8 Å². The van der Waals surface area contributed by atoms with Gasteiger partial charge in [0, 0.05) is 56.0 Å². The Bertz CT molecular complexity index is 3060. The van der Waals surface area contributed by atoms with Gasteiger partial charge in [0.2, 0.25) is 0 Å². The van der Waals surface area contributed by atoms with Gasteiger partial charge in [0.05, 0.1) is 0 Å². The van der Waals surface area contributed by atoms with E-state index >= 15 is 0 Å². The molecule has 4 nitrogen and oxygen atoms in total. The number of fused-ring (bicyclic) bond motifs is 2. The Morgan fingerprint density at radius 3 is 0.859 bits per heavy atom. The monoisotopic (exact) mass is 824 g/mol. The number of hydrogen-bond acceptors (Lipinski definition) is 4. The summed E-state index contributed by atoms with van der Waals surface area (Å²) in [6.07, 6.45) is 0. The predicted octanol–water partition coefficient (Wildman–Crippen LogP) is 17.4. The number of furan rings is 2. The smallest absolute Gasteiger partial charge is 0.135 e. The van der Waals surface area contributed by atoms with Crippen molar-refractivity contribution < 1.29 is 8.83 Å². The molecular weight excluding hydrogens is 781 g/mol. The minimum Gasteiger partial charge on any atom is -0.456 e. The first-order chi connectivity index (χ1) is 31.5. The van der Waals surface area contributed by atoms with Crippen LogP contribution in [-0.4, -0.2) is 0 Å². The zero-order valence-corrected chi connectivity index (χ0v) is 35.7. The third kappa shape index (κ3) is 7.63. The zero-order valence-electron chi connectivity index (χ0n) is 35.7. The molecule has 11 rings (SSSR count). The summed E-state index contributed by atoms with van der Waals surface area (Å²) in [6.45, 7) is 4.24. The van der Waals surface area contributed by atoms with Crippen molar-refractivity contribution in [3.63, 3.8) is 0 Å². The van der Waals surface area contributed by atoms with Crippen LogP contribution in [0.15, 0.2) is 239 Å². The van der Waals surface area contributed by atoms with E-state index < -0.39 is 0 Å². The lowest BCUT2D eigenvalue weighted by molar-refractivity contribution is 0.627. The highest BCUT2D eigenvalue weighted by atomic mass is 16.3. The van der Waals surface area contributed by atoms with Crippen molar-refractivity contribution in [2.45, 2.75) is 13.8 Å². The molecule has 11 aromatic rings. The molecule has 306 valence electrons. The standard InChI is InChI=1S/C60H44N2O2/c1-41-13-29-53(30-14-41)61(51-9-5-3-6-10-51)55-33-25-45(26-34-55)43-17-21-47(22-18-43)57-37-49-39-60-50(40-59(49)63-57)38-58(64-60)48-23-19-44(20-24-48)46-27-35-56(36-28-46)62(52-11-7-4-8-12-52)54-31-15-42(2)16-32-54/h3-40H,1-2H3. The van der Waals surface area contributed by atoms with Gasteiger partial charge in [-0.05, 0) is 133 Å². The van der Waals surface area contributed by atoms with Crippen molar-refractivity contribution in [2.75, 3.05) is 9.80 Å². The Morgan fingerprint density at radius 1 is 0.266 bits per heavy atom. The molecule has 0 atom stereocenters. The number of para-hydroxylation sites is 2. The predicted molar refractivity (Wildman–Crippen MR) is 267 cm³/mol. The molecule has 0 aliphatic heterocycles. The van der Waals surface area contributed by atoms with Crippen molar-refractivity contribution in [3.05, 3.63) is 242 Å². The van der Waals surface area contributed by atoms with Crippen molar-refractivity contribution in [1.29, 1.82) is 0 Å². The molecule has 0 amide bonds. The summed E-state index contributed by atoms with van der Waals surface area (Å²) in [5.74, 6) is 1.65. The number of nitrogens with zero attached hydrogens (tertiary/aromatic N) is 2. The van der Waals surface area contributed by atoms with Gasteiger partial charge in [-0.3, -0.25) is 0 Å². The number of rotatable bonds is 10. The fraction of sp³-hybridized carbons (Fsp3) is 0.0333. The van der Waals surface area contributed by atoms with Crippen LogP contribution < -0.4 is 9.80 Å². The topological polar surface area (TPSA) is 32.8 Å². The molecule has 0 fully saturated rings. The van der Waals surface area contributed by atoms with E-state index in [0.717, 1.165) is 101 Å². The van der Waals surface area contributed by atoms with Gasteiger partial charge >= 0.3 is 0 Å². The molecule has 2 heterocycles. The molecule has 0 spiro atoms. The van der Waals surface area contributed by atoms with Crippen molar-refractivity contribution >= 4 is 56.1 Å². The number of anilines is 6. The Hall–Kier alpha value is -8.34. The Labute approximate surface area is 373 Å². The molecule has 0 saturated heterocycles. The minimum absolute atomic E-state index is 0.827. The van der Waals surface area contributed by atoms with Gasteiger partial charge in [-0.15, -0.1) is 0 Å². The van der Waals surface area contributed by atoms with Gasteiger partial charge in [0.15, 0.2) is 0 Å². The summed E-state index contributed by atoms with van der Waals surface area (Å²) in [6, 6.07) is 81.4. The highest BCUT2D eigenvalue weighted by molar-refractivity contribution is 5.97. The summed E-state index contributed by atoms with van der Waals surface area (Å²) in [7, 11) is 0. The SMILES string of the molecule is Cc1ccc(N(c2ccccc2)c2ccc(-c3ccc(-c4cc5cc6oc(-c7ccc(-c8ccc(N(c9ccccc9)c9ccc(C)cc9)cc8)cc7)cc6cc5o4)cc3)cc2)cc1. The second kappa shape index (κ2) is 16.5. The van der Waals surface area contributed by atoms with E-state index in [9.17, 15) is 0 Å². The van der Waals surface area contributed by atoms with Gasteiger partial charge < -0.3 is 18.6 Å². The summed E-state index contributed by atoms with van der Waals surface area (Å²) in [5, 5.41) is 2.01. The van der Waals surface area contributed by atoms with Gasteiger partial charge in [-0.1, -0.05) is 145 Å². The fourth-order valence-corrected chi connectivity index (χ4v) is 8.55. The third-order valence-electron chi connectivity index (χ3n) is 12.0. The summed E-state index contributed by atoms with van der Waals surface area (Å²) >= 11 is 0. The molecule has 0 bridgehead atoms. The number of aryl methyl sites for hydroxylation is 2. The maximum Gasteiger partial charge on any atom is 0.135 e. The summed E-state index contributed by atoms with van der Waals surface area (Å²) in [4.78, 5) is 4.58. The summed E-state index contributed by atoms with van der Waals surface area (Å²) < 4.78 is 12.9. The van der Waals surface area contributed by atoms with E-state index in [1.54, 1.807) is 0 Å². The molecule has 0 aliphatic rings. The van der Waals surface area contributed by atoms with Gasteiger partial charge in [0.25, 0.3) is 0 Å². The van der Waals surface area contributed by atoms with Gasteiger partial charge in [-0.2, -0.15) is 0 Å². The molecule has 64 heavy (non-hydrogen) atoms. The van der Waals surface area contributed by atoms with Crippen LogP contribution in [0.25, 0.3) is 66.8 Å². The average Bonchev–Trinajstić information content (AvgIpc) is 3.97. The van der Waals surface area contributed by atoms with Crippen LogP contribution in [0.4, 0.5) is 34.1 Å². The Kier molecular flexibility index (Phi) is 9.95. The van der Waals surface area contributed by atoms with Crippen LogP contribution in [-0.2, 0) is 0 Å². The van der Waals surface area contributed by atoms with Crippen molar-refractivity contribution in [3.8, 4) is 44.9 Å². The quantitative estimate of drug-likeness (QED) is 0.138. The highest BCUT2D eigenvalue weighted by Crippen LogP contribution is 2.39. The zero-order chi connectivity index (χ0) is 43.0. The lowest BCUT2D eigenvalue weighted by Gasteiger charge is -2.25. The molecule has 2 aromatic heterocycles. The van der Waals surface area contributed by atoms with E-state index in [1.807, 2.05) is 0 Å². The molecule has 9 aromatic carbocycles. The molecule has 0 unspecified atom stereocenters. The van der Waals surface area contributed by atoms with Crippen LogP contribution in [0.2, 0.25) is 0 Å². The van der Waals surface area contributed by atoms with Gasteiger partial charge in [0.1, 0.15) is 22.7 Å². The molecule has 0 saturated carbocycles. The van der Waals surface area contributed by atoms with Crippen LogP contribution >= 0.6 is 0 Å². The van der Waals surface area contributed by atoms with E-state index in [0.29, 0.717) is 0 Å². The Morgan fingerprint density at radius 2 is 0.531 bits per heavy atom. The van der Waals surface area contributed by atoms with Crippen LogP contribution in [0.3, 0.4) is 0 Å². The average molecular weight is 825 g/mol. The third-order valence-corrected chi connectivity index (χ3v) is 12.0. The van der Waals surface area contributed by atoms with E-state index in [1.165, 1.54) is 11.1 Å². The summed E-state index contributed by atoms with van der Waals surface area (Å²) in [5.41, 5.74) is 17.5. The minimum atomic E-state index is 0.827. The van der Waals surface area contributed by atoms with Crippen molar-refractivity contribution in [2.24, 2.45) is 0 Å². The molecular formula is C60H44N2O2. The first-order valence-electron chi connectivity index (χ1n) is 21.7. The largest absolute Gasteiger partial charge is 0.456 e. The lowest BCUT2D eigenvalue weighted by Crippen LogP contribution is -2.09. The normalized spacial score (nSPS) is 11.3. The first-order valence-corrected chi connectivity index (χ1v) is 21.7. The second-order valence-corrected chi connectivity index (χ2v) is 16.4. The first kappa shape index (κ1) is 38.6. The second-order valence-electron chi connectivity index (χ2n) is 16.4. The fourth-order valence-electron chi connectivity index (χ4n) is 8.55. The molecule has 4 heteroatoms. The molecule has 0 aliphatic carbocycles. The van der Waals surface area contributed by atoms with E-state index in [4.69, 9.17) is 8.83 Å². The number of benzene rings is 9. The van der Waals surface area contributed by atoms with Crippen LogP contribution in [0.5, 0.6) is 0 Å². The highest BCUT2D eigenvalue weighted by Gasteiger charge is 2.16.